The van der Waals surface area contributed by atoms with Crippen molar-refractivity contribution in [3.63, 3.8) is 0 Å². The maximum atomic E-state index is 13.3. The van der Waals surface area contributed by atoms with Gasteiger partial charge in [-0.3, -0.25) is 4.79 Å². The first-order valence-electron chi connectivity index (χ1n) is 10.5. The molecule has 1 amide bonds. The number of para-hydroxylation sites is 1. The van der Waals surface area contributed by atoms with Gasteiger partial charge in [-0.1, -0.05) is 49.6 Å². The van der Waals surface area contributed by atoms with Crippen LogP contribution in [0.1, 0.15) is 60.6 Å². The Bertz CT molecular complexity index is 1090. The Morgan fingerprint density at radius 2 is 1.74 bits per heavy atom. The lowest BCUT2D eigenvalue weighted by Gasteiger charge is -2.31. The zero-order valence-corrected chi connectivity index (χ0v) is 18.2. The summed E-state index contributed by atoms with van der Waals surface area (Å²) in [6.45, 7) is 0. The Kier molecular flexibility index (Phi) is 6.11. The van der Waals surface area contributed by atoms with Crippen molar-refractivity contribution in [2.24, 2.45) is 0 Å². The molecule has 0 spiro atoms. The van der Waals surface area contributed by atoms with Gasteiger partial charge in [0.25, 0.3) is 0 Å². The molecule has 0 unspecified atom stereocenters. The van der Waals surface area contributed by atoms with Crippen molar-refractivity contribution in [2.45, 2.75) is 55.6 Å². The van der Waals surface area contributed by atoms with Crippen LogP contribution in [-0.4, -0.2) is 37.7 Å². The Morgan fingerprint density at radius 3 is 2.52 bits per heavy atom. The van der Waals surface area contributed by atoms with Gasteiger partial charge in [0, 0.05) is 18.7 Å². The van der Waals surface area contributed by atoms with Crippen LogP contribution in [0.5, 0.6) is 0 Å². The van der Waals surface area contributed by atoms with Crippen LogP contribution in [0.3, 0.4) is 0 Å². The van der Waals surface area contributed by atoms with E-state index in [0.717, 1.165) is 32.1 Å². The third-order valence-corrected chi connectivity index (χ3v) is 8.02. The normalized spacial score (nSPS) is 19.2. The summed E-state index contributed by atoms with van der Waals surface area (Å²) in [6, 6.07) is 13.3. The van der Waals surface area contributed by atoms with E-state index in [1.165, 1.54) is 10.4 Å². The summed E-state index contributed by atoms with van der Waals surface area (Å²) < 4.78 is 33.3. The van der Waals surface area contributed by atoms with Gasteiger partial charge in [-0.05, 0) is 31.0 Å². The van der Waals surface area contributed by atoms with E-state index in [0.29, 0.717) is 11.1 Å². The molecule has 7 nitrogen and oxygen atoms in total. The van der Waals surface area contributed by atoms with E-state index in [-0.39, 0.29) is 23.0 Å². The van der Waals surface area contributed by atoms with Crippen molar-refractivity contribution in [2.75, 3.05) is 12.4 Å². The fourth-order valence-corrected chi connectivity index (χ4v) is 5.89. The summed E-state index contributed by atoms with van der Waals surface area (Å²) in [4.78, 5) is 24.8. The lowest BCUT2D eigenvalue weighted by Crippen LogP contribution is -2.38. The third-order valence-electron chi connectivity index (χ3n) is 6.05. The molecular formula is C23H26N2O5S. The highest BCUT2D eigenvalue weighted by Crippen LogP contribution is 2.34. The summed E-state index contributed by atoms with van der Waals surface area (Å²) in [5, 5.41) is 2.71. The largest absolute Gasteiger partial charge is 0.453 e. The van der Waals surface area contributed by atoms with Crippen molar-refractivity contribution in [1.29, 1.82) is 0 Å². The molecule has 31 heavy (non-hydrogen) atoms. The van der Waals surface area contributed by atoms with Crippen molar-refractivity contribution in [3.8, 4) is 0 Å². The minimum Gasteiger partial charge on any atom is -0.453 e. The molecule has 0 radical (unpaired) electrons. The van der Waals surface area contributed by atoms with Crippen LogP contribution < -0.4 is 5.32 Å². The van der Waals surface area contributed by atoms with Gasteiger partial charge in [0.05, 0.1) is 17.7 Å². The molecule has 1 N–H and O–H groups in total. The number of esters is 1. The Labute approximate surface area is 182 Å². The van der Waals surface area contributed by atoms with E-state index in [9.17, 15) is 18.0 Å². The van der Waals surface area contributed by atoms with Crippen molar-refractivity contribution in [1.82, 2.24) is 4.31 Å². The van der Waals surface area contributed by atoms with Gasteiger partial charge < -0.3 is 10.1 Å². The van der Waals surface area contributed by atoms with Gasteiger partial charge in [-0.25, -0.2) is 13.2 Å². The molecule has 0 saturated heterocycles. The monoisotopic (exact) mass is 442 g/mol. The number of amides is 1. The molecule has 8 heteroatoms. The van der Waals surface area contributed by atoms with Crippen LogP contribution >= 0.6 is 0 Å². The van der Waals surface area contributed by atoms with Crippen LogP contribution in [0.25, 0.3) is 0 Å². The number of carbonyl (C=O) groups excluding carboxylic acids is 2. The minimum atomic E-state index is -3.77. The van der Waals surface area contributed by atoms with Gasteiger partial charge >= 0.3 is 5.97 Å². The molecule has 2 aromatic carbocycles. The van der Waals surface area contributed by atoms with Crippen LogP contribution in [0.4, 0.5) is 5.69 Å². The van der Waals surface area contributed by atoms with Crippen molar-refractivity contribution in [3.05, 3.63) is 59.7 Å². The number of cyclic esters (lactones) is 1. The lowest BCUT2D eigenvalue weighted by molar-refractivity contribution is -0.118. The number of nitrogens with one attached hydrogen (secondary N) is 1. The average Bonchev–Trinajstić information content (AvgIpc) is 3.09. The molecule has 1 aliphatic heterocycles. The Balaban J connectivity index is 1.51. The highest BCUT2D eigenvalue weighted by Gasteiger charge is 2.33. The van der Waals surface area contributed by atoms with Crippen LogP contribution in [0.15, 0.2) is 53.4 Å². The molecule has 2 aliphatic rings. The lowest BCUT2D eigenvalue weighted by atomic mass is 9.96. The van der Waals surface area contributed by atoms with E-state index in [2.05, 4.69) is 5.32 Å². The SMILES string of the molecule is CN(C1CCCCC1)S(=O)(=O)c1ccccc1NC(=O)C[C@@H]1OC(=O)c2ccccc21. The highest BCUT2D eigenvalue weighted by atomic mass is 32.2. The smallest absolute Gasteiger partial charge is 0.339 e. The fraction of sp³-hybridized carbons (Fsp3) is 0.391. The zero-order chi connectivity index (χ0) is 22.0. The molecule has 1 heterocycles. The first kappa shape index (κ1) is 21.5. The number of sulfonamides is 1. The van der Waals surface area contributed by atoms with Gasteiger partial charge in [-0.2, -0.15) is 4.31 Å². The molecule has 1 fully saturated rings. The standard InChI is InChI=1S/C23H26N2O5S/c1-25(16-9-3-2-4-10-16)31(28,29)21-14-8-7-13-19(21)24-22(26)15-20-17-11-5-6-12-18(17)23(27)30-20/h5-8,11-14,16,20H,2-4,9-10,15H2,1H3,(H,24,26)/t20-/m0/s1. The maximum absolute atomic E-state index is 13.3. The fourth-order valence-electron chi connectivity index (χ4n) is 4.33. The number of hydrogen-bond acceptors (Lipinski definition) is 5. The Morgan fingerprint density at radius 1 is 1.06 bits per heavy atom. The van der Waals surface area contributed by atoms with Gasteiger partial charge in [0.2, 0.25) is 15.9 Å². The van der Waals surface area contributed by atoms with Crippen molar-refractivity contribution < 1.29 is 22.7 Å². The topological polar surface area (TPSA) is 92.8 Å². The number of hydrogen-bond donors (Lipinski definition) is 1. The van der Waals surface area contributed by atoms with Gasteiger partial charge in [0.15, 0.2) is 0 Å². The zero-order valence-electron chi connectivity index (χ0n) is 17.4. The molecule has 4 rings (SSSR count). The predicted molar refractivity (Wildman–Crippen MR) is 116 cm³/mol. The molecule has 164 valence electrons. The van der Waals surface area contributed by atoms with E-state index in [1.807, 2.05) is 0 Å². The third kappa shape index (κ3) is 4.36. The maximum Gasteiger partial charge on any atom is 0.339 e. The van der Waals surface area contributed by atoms with E-state index >= 15 is 0 Å². The van der Waals surface area contributed by atoms with Crippen LogP contribution in [0, 0.1) is 0 Å². The number of ether oxygens (including phenoxy) is 1. The van der Waals surface area contributed by atoms with E-state index in [1.54, 1.807) is 49.5 Å². The predicted octanol–water partition coefficient (Wildman–Crippen LogP) is 3.88. The number of anilines is 1. The Hall–Kier alpha value is -2.71. The number of fused-ring (bicyclic) bond motifs is 1. The highest BCUT2D eigenvalue weighted by molar-refractivity contribution is 7.89. The minimum absolute atomic E-state index is 0.0306. The van der Waals surface area contributed by atoms with Gasteiger partial charge in [0.1, 0.15) is 11.0 Å². The van der Waals surface area contributed by atoms with E-state index in [4.69, 9.17) is 4.74 Å². The van der Waals surface area contributed by atoms with Crippen molar-refractivity contribution >= 4 is 27.6 Å². The van der Waals surface area contributed by atoms with Crippen LogP contribution in [0.2, 0.25) is 0 Å². The molecule has 1 atom stereocenters. The summed E-state index contributed by atoms with van der Waals surface area (Å²) in [6.07, 6.45) is 4.08. The first-order valence-corrected chi connectivity index (χ1v) is 12.0. The summed E-state index contributed by atoms with van der Waals surface area (Å²) >= 11 is 0. The second kappa shape index (κ2) is 8.80. The second-order valence-electron chi connectivity index (χ2n) is 8.04. The number of rotatable bonds is 6. The average molecular weight is 443 g/mol. The second-order valence-corrected chi connectivity index (χ2v) is 10.0. The molecule has 1 aliphatic carbocycles. The van der Waals surface area contributed by atoms with E-state index < -0.39 is 28.0 Å². The van der Waals surface area contributed by atoms with Gasteiger partial charge in [-0.15, -0.1) is 0 Å². The molecular weight excluding hydrogens is 416 g/mol. The number of benzene rings is 2. The quantitative estimate of drug-likeness (QED) is 0.686. The van der Waals surface area contributed by atoms with Crippen LogP contribution in [-0.2, 0) is 19.6 Å². The first-order chi connectivity index (χ1) is 14.9. The number of nitrogens with zero attached hydrogens (tertiary/aromatic N) is 1. The summed E-state index contributed by atoms with van der Waals surface area (Å²) in [5.41, 5.74) is 1.35. The molecule has 0 bridgehead atoms. The molecule has 0 aromatic heterocycles. The number of carbonyl (C=O) groups is 2. The summed E-state index contributed by atoms with van der Waals surface area (Å²) in [5.74, 6) is -0.872. The molecule has 1 saturated carbocycles. The summed E-state index contributed by atoms with van der Waals surface area (Å²) in [7, 11) is -2.16. The molecule has 2 aromatic rings.